The van der Waals surface area contributed by atoms with Gasteiger partial charge in [-0.25, -0.2) is 9.97 Å². The van der Waals surface area contributed by atoms with Crippen LogP contribution in [0.1, 0.15) is 5.82 Å². The maximum atomic E-state index is 5.53. The molecular weight excluding hydrogens is 442 g/mol. The zero-order valence-corrected chi connectivity index (χ0v) is 19.6. The Balaban J connectivity index is 1.35. The van der Waals surface area contributed by atoms with E-state index in [9.17, 15) is 0 Å². The first kappa shape index (κ1) is 21.2. The van der Waals surface area contributed by atoms with E-state index in [0.29, 0.717) is 25.0 Å². The summed E-state index contributed by atoms with van der Waals surface area (Å²) in [4.78, 5) is 16.3. The normalized spacial score (nSPS) is 13.9. The molecule has 1 saturated heterocycles. The highest BCUT2D eigenvalue weighted by Gasteiger charge is 2.17. The number of nitrogens with zero attached hydrogens (tertiary/aromatic N) is 7. The molecule has 0 saturated carbocycles. The van der Waals surface area contributed by atoms with Crippen molar-refractivity contribution in [3.8, 4) is 22.6 Å². The minimum absolute atomic E-state index is 0.666. The Morgan fingerprint density at radius 2 is 1.74 bits per heavy atom. The van der Waals surface area contributed by atoms with Crippen LogP contribution in [0.4, 0.5) is 17.5 Å². The molecule has 2 N–H and O–H groups in total. The van der Waals surface area contributed by atoms with Gasteiger partial charge in [-0.15, -0.1) is 0 Å². The molecule has 0 unspecified atom stereocenters. The monoisotopic (exact) mass is 467 g/mol. The number of morpholine rings is 1. The molecule has 3 aromatic heterocycles. The minimum Gasteiger partial charge on any atom is -0.378 e. The van der Waals surface area contributed by atoms with Crippen molar-refractivity contribution in [3.05, 3.63) is 60.6 Å². The van der Waals surface area contributed by atoms with E-state index >= 15 is 0 Å². The lowest BCUT2D eigenvalue weighted by atomic mass is 10.1. The van der Waals surface area contributed by atoms with Gasteiger partial charge < -0.3 is 15.0 Å². The summed E-state index contributed by atoms with van der Waals surface area (Å²) in [7, 11) is 1.95. The molecule has 5 aromatic rings. The van der Waals surface area contributed by atoms with Gasteiger partial charge in [0, 0.05) is 48.4 Å². The second-order valence-corrected chi connectivity index (χ2v) is 8.53. The summed E-state index contributed by atoms with van der Waals surface area (Å²) in [5.74, 6) is 2.88. The molecule has 0 bridgehead atoms. The van der Waals surface area contributed by atoms with Crippen molar-refractivity contribution in [1.82, 2.24) is 34.9 Å². The van der Waals surface area contributed by atoms with Crippen molar-refractivity contribution >= 4 is 28.4 Å². The maximum absolute atomic E-state index is 5.53. The average Bonchev–Trinajstić information content (AvgIpc) is 3.50. The summed E-state index contributed by atoms with van der Waals surface area (Å²) in [6, 6.07) is 16.2. The number of aryl methyl sites for hydroxylation is 2. The smallest absolute Gasteiger partial charge is 0.228 e. The molecule has 1 aliphatic rings. The SMILES string of the molecule is Cc1nc(-c2ccc(Nc3cc(-c4ccc5cnn(C)c5c4)nc(N4CCOCC4)n3)cc2)n[nH]1. The Hall–Kier alpha value is -4.31. The van der Waals surface area contributed by atoms with Crippen LogP contribution in [-0.4, -0.2) is 61.2 Å². The van der Waals surface area contributed by atoms with Crippen LogP contribution < -0.4 is 10.2 Å². The molecule has 10 nitrogen and oxygen atoms in total. The molecule has 6 rings (SSSR count). The summed E-state index contributed by atoms with van der Waals surface area (Å²) in [6.45, 7) is 4.74. The number of H-pyrrole nitrogens is 1. The molecule has 10 heteroatoms. The van der Waals surface area contributed by atoms with Gasteiger partial charge in [-0.3, -0.25) is 9.78 Å². The number of hydrogen-bond acceptors (Lipinski definition) is 8. The first-order chi connectivity index (χ1) is 17.1. The number of aromatic nitrogens is 7. The van der Waals surface area contributed by atoms with E-state index in [4.69, 9.17) is 14.7 Å². The minimum atomic E-state index is 0.666. The molecule has 0 amide bonds. The Labute approximate surface area is 202 Å². The van der Waals surface area contributed by atoms with Crippen molar-refractivity contribution in [2.45, 2.75) is 6.92 Å². The average molecular weight is 468 g/mol. The molecule has 4 heterocycles. The van der Waals surface area contributed by atoms with E-state index in [1.165, 1.54) is 0 Å². The number of ether oxygens (including phenoxy) is 1. The number of aromatic amines is 1. The molecule has 1 fully saturated rings. The van der Waals surface area contributed by atoms with Gasteiger partial charge in [0.2, 0.25) is 5.95 Å². The zero-order chi connectivity index (χ0) is 23.8. The lowest BCUT2D eigenvalue weighted by Gasteiger charge is -2.27. The van der Waals surface area contributed by atoms with Crippen molar-refractivity contribution < 1.29 is 4.74 Å². The molecule has 0 radical (unpaired) electrons. The van der Waals surface area contributed by atoms with Gasteiger partial charge in [-0.05, 0) is 37.3 Å². The summed E-state index contributed by atoms with van der Waals surface area (Å²) < 4.78 is 7.40. The van der Waals surface area contributed by atoms with Gasteiger partial charge in [0.25, 0.3) is 0 Å². The number of hydrogen-bond donors (Lipinski definition) is 2. The highest BCUT2D eigenvalue weighted by atomic mass is 16.5. The fourth-order valence-electron chi connectivity index (χ4n) is 4.18. The third kappa shape index (κ3) is 4.31. The van der Waals surface area contributed by atoms with Gasteiger partial charge in [-0.1, -0.05) is 12.1 Å². The second kappa shape index (κ2) is 8.80. The number of benzene rings is 2. The maximum Gasteiger partial charge on any atom is 0.228 e. The van der Waals surface area contributed by atoms with Gasteiger partial charge in [-0.2, -0.15) is 15.2 Å². The Morgan fingerprint density at radius 3 is 2.51 bits per heavy atom. The van der Waals surface area contributed by atoms with Gasteiger partial charge in [0.15, 0.2) is 5.82 Å². The van der Waals surface area contributed by atoms with Crippen molar-refractivity contribution in [2.75, 3.05) is 36.5 Å². The van der Waals surface area contributed by atoms with Crippen LogP contribution in [0.5, 0.6) is 0 Å². The van der Waals surface area contributed by atoms with Crippen LogP contribution in [-0.2, 0) is 11.8 Å². The van der Waals surface area contributed by atoms with E-state index < -0.39 is 0 Å². The first-order valence-electron chi connectivity index (χ1n) is 11.5. The second-order valence-electron chi connectivity index (χ2n) is 8.53. The molecule has 176 valence electrons. The van der Waals surface area contributed by atoms with Crippen LogP contribution in [0.3, 0.4) is 0 Å². The molecule has 1 aliphatic heterocycles. The summed E-state index contributed by atoms with van der Waals surface area (Å²) in [6.07, 6.45) is 1.87. The van der Waals surface area contributed by atoms with E-state index in [2.05, 4.69) is 48.7 Å². The first-order valence-corrected chi connectivity index (χ1v) is 11.5. The lowest BCUT2D eigenvalue weighted by Crippen LogP contribution is -2.37. The van der Waals surface area contributed by atoms with Crippen LogP contribution >= 0.6 is 0 Å². The van der Waals surface area contributed by atoms with Crippen LogP contribution in [0.2, 0.25) is 0 Å². The summed E-state index contributed by atoms with van der Waals surface area (Å²) in [5, 5.41) is 16.0. The Kier molecular flexibility index (Phi) is 5.34. The fourth-order valence-corrected chi connectivity index (χ4v) is 4.18. The molecule has 0 aliphatic carbocycles. The van der Waals surface area contributed by atoms with E-state index in [1.807, 2.05) is 55.2 Å². The van der Waals surface area contributed by atoms with Crippen molar-refractivity contribution in [1.29, 1.82) is 0 Å². The van der Waals surface area contributed by atoms with Gasteiger partial charge in [0.1, 0.15) is 11.6 Å². The number of anilines is 3. The largest absolute Gasteiger partial charge is 0.378 e. The van der Waals surface area contributed by atoms with E-state index in [1.54, 1.807) is 0 Å². The third-order valence-electron chi connectivity index (χ3n) is 6.07. The zero-order valence-electron chi connectivity index (χ0n) is 19.6. The van der Waals surface area contributed by atoms with Crippen LogP contribution in [0.15, 0.2) is 54.7 Å². The standard InChI is InChI=1S/C25H25N9O/c1-16-27-24(32-31-16)17-5-7-20(8-6-17)28-23-14-21(29-25(30-23)34-9-11-35-12-10-34)18-3-4-19-15-26-33(2)22(19)13-18/h3-8,13-15H,9-12H2,1-2H3,(H,27,31,32)(H,28,29,30). The quantitative estimate of drug-likeness (QED) is 0.403. The van der Waals surface area contributed by atoms with Crippen molar-refractivity contribution in [2.24, 2.45) is 7.05 Å². The molecular formula is C25H25N9O. The van der Waals surface area contributed by atoms with E-state index in [0.717, 1.165) is 58.1 Å². The Bertz CT molecular complexity index is 1480. The topological polar surface area (TPSA) is 110 Å². The summed E-state index contributed by atoms with van der Waals surface area (Å²) >= 11 is 0. The highest BCUT2D eigenvalue weighted by Crippen LogP contribution is 2.28. The molecule has 35 heavy (non-hydrogen) atoms. The Morgan fingerprint density at radius 1 is 0.943 bits per heavy atom. The summed E-state index contributed by atoms with van der Waals surface area (Å²) in [5.41, 5.74) is 4.78. The van der Waals surface area contributed by atoms with Crippen LogP contribution in [0, 0.1) is 6.92 Å². The van der Waals surface area contributed by atoms with Crippen LogP contribution in [0.25, 0.3) is 33.5 Å². The molecule has 2 aromatic carbocycles. The molecule has 0 atom stereocenters. The van der Waals surface area contributed by atoms with Crippen molar-refractivity contribution in [3.63, 3.8) is 0 Å². The molecule has 0 spiro atoms. The number of rotatable bonds is 5. The number of nitrogens with one attached hydrogen (secondary N) is 2. The fraction of sp³-hybridized carbons (Fsp3) is 0.240. The highest BCUT2D eigenvalue weighted by molar-refractivity contribution is 5.84. The van der Waals surface area contributed by atoms with Gasteiger partial charge in [0.05, 0.1) is 30.6 Å². The van der Waals surface area contributed by atoms with Gasteiger partial charge >= 0.3 is 0 Å². The third-order valence-corrected chi connectivity index (χ3v) is 6.07. The number of fused-ring (bicyclic) bond motifs is 1. The lowest BCUT2D eigenvalue weighted by molar-refractivity contribution is 0.122. The predicted molar refractivity (Wildman–Crippen MR) is 135 cm³/mol. The van der Waals surface area contributed by atoms with E-state index in [-0.39, 0.29) is 0 Å². The predicted octanol–water partition coefficient (Wildman–Crippen LogP) is 3.70.